The van der Waals surface area contributed by atoms with Crippen LogP contribution in [0.25, 0.3) is 0 Å². The minimum atomic E-state index is -0.367. The van der Waals surface area contributed by atoms with Gasteiger partial charge in [0.1, 0.15) is 0 Å². The fourth-order valence-corrected chi connectivity index (χ4v) is 3.27. The van der Waals surface area contributed by atoms with Gasteiger partial charge < -0.3 is 10.1 Å². The predicted molar refractivity (Wildman–Crippen MR) is 102 cm³/mol. The van der Waals surface area contributed by atoms with Gasteiger partial charge in [0.15, 0.2) is 5.16 Å². The number of carbonyl (C=O) groups is 2. The van der Waals surface area contributed by atoms with Crippen molar-refractivity contribution in [3.8, 4) is 0 Å². The summed E-state index contributed by atoms with van der Waals surface area (Å²) in [6.45, 7) is 2.44. The second-order valence-electron chi connectivity index (χ2n) is 6.32. The second kappa shape index (κ2) is 8.90. The molecule has 0 spiro atoms. The zero-order chi connectivity index (χ0) is 19.2. The highest BCUT2D eigenvalue weighted by atomic mass is 32.2. The molecule has 1 amide bonds. The number of benzene rings is 1. The Kier molecular flexibility index (Phi) is 6.33. The first-order valence-corrected chi connectivity index (χ1v) is 9.93. The van der Waals surface area contributed by atoms with Gasteiger partial charge in [0.2, 0.25) is 5.91 Å². The van der Waals surface area contributed by atoms with Crippen molar-refractivity contribution in [3.63, 3.8) is 0 Å². The SMILES string of the molecule is CCCCOC(=O)c1ccc(NC(=O)CSc2n[nH]c(=O)n2C2CC2)cc1. The molecule has 144 valence electrons. The molecule has 1 aromatic heterocycles. The van der Waals surface area contributed by atoms with E-state index in [1.165, 1.54) is 11.8 Å². The van der Waals surface area contributed by atoms with E-state index in [-0.39, 0.29) is 29.4 Å². The van der Waals surface area contributed by atoms with E-state index in [4.69, 9.17) is 4.74 Å². The number of nitrogens with zero attached hydrogens (tertiary/aromatic N) is 2. The van der Waals surface area contributed by atoms with Crippen LogP contribution in [0.2, 0.25) is 0 Å². The minimum Gasteiger partial charge on any atom is -0.462 e. The fourth-order valence-electron chi connectivity index (χ4n) is 2.46. The van der Waals surface area contributed by atoms with Crippen molar-refractivity contribution in [3.05, 3.63) is 40.3 Å². The van der Waals surface area contributed by atoms with Crippen LogP contribution in [0.15, 0.2) is 34.2 Å². The molecule has 1 aliphatic carbocycles. The molecule has 2 N–H and O–H groups in total. The number of rotatable bonds is 9. The van der Waals surface area contributed by atoms with Crippen molar-refractivity contribution in [2.24, 2.45) is 0 Å². The Balaban J connectivity index is 1.49. The lowest BCUT2D eigenvalue weighted by Gasteiger charge is -2.07. The Morgan fingerprint density at radius 1 is 1.33 bits per heavy atom. The molecule has 0 saturated heterocycles. The smallest absolute Gasteiger partial charge is 0.344 e. The van der Waals surface area contributed by atoms with Crippen LogP contribution in [0.1, 0.15) is 49.0 Å². The van der Waals surface area contributed by atoms with Gasteiger partial charge in [0.05, 0.1) is 17.9 Å². The summed E-state index contributed by atoms with van der Waals surface area (Å²) in [6.07, 6.45) is 3.73. The normalized spacial score (nSPS) is 13.4. The molecule has 3 rings (SSSR count). The predicted octanol–water partition coefficient (Wildman–Crippen LogP) is 2.59. The number of hydrogen-bond acceptors (Lipinski definition) is 6. The number of carbonyl (C=O) groups excluding carboxylic acids is 2. The van der Waals surface area contributed by atoms with E-state index in [1.54, 1.807) is 28.8 Å². The zero-order valence-corrected chi connectivity index (χ0v) is 15.9. The van der Waals surface area contributed by atoms with Crippen LogP contribution in [-0.4, -0.2) is 39.0 Å². The van der Waals surface area contributed by atoms with Crippen LogP contribution in [0.4, 0.5) is 5.69 Å². The Morgan fingerprint density at radius 3 is 2.74 bits per heavy atom. The van der Waals surface area contributed by atoms with E-state index >= 15 is 0 Å². The Morgan fingerprint density at radius 2 is 2.07 bits per heavy atom. The molecule has 1 aliphatic rings. The van der Waals surface area contributed by atoms with Crippen molar-refractivity contribution < 1.29 is 14.3 Å². The number of esters is 1. The van der Waals surface area contributed by atoms with Gasteiger partial charge in [-0.1, -0.05) is 25.1 Å². The third-order valence-corrected chi connectivity index (χ3v) is 5.00. The molecule has 8 nitrogen and oxygen atoms in total. The molecule has 0 unspecified atom stereocenters. The molecule has 27 heavy (non-hydrogen) atoms. The van der Waals surface area contributed by atoms with E-state index in [0.29, 0.717) is 23.0 Å². The molecule has 0 aliphatic heterocycles. The third-order valence-electron chi connectivity index (χ3n) is 4.05. The van der Waals surface area contributed by atoms with Crippen molar-refractivity contribution in [2.75, 3.05) is 17.7 Å². The van der Waals surface area contributed by atoms with Crippen LogP contribution in [-0.2, 0) is 9.53 Å². The summed E-state index contributed by atoms with van der Waals surface area (Å²) in [5.74, 6) is -0.442. The lowest BCUT2D eigenvalue weighted by molar-refractivity contribution is -0.113. The first kappa shape index (κ1) is 19.2. The van der Waals surface area contributed by atoms with Crippen LogP contribution >= 0.6 is 11.8 Å². The molecule has 0 bridgehead atoms. The molecule has 1 heterocycles. The summed E-state index contributed by atoms with van der Waals surface area (Å²) in [5, 5.41) is 9.70. The minimum absolute atomic E-state index is 0.137. The molecular formula is C18H22N4O4S. The van der Waals surface area contributed by atoms with Gasteiger partial charge in [-0.2, -0.15) is 0 Å². The Hall–Kier alpha value is -2.55. The van der Waals surface area contributed by atoms with Crippen molar-refractivity contribution in [1.82, 2.24) is 14.8 Å². The number of H-pyrrole nitrogens is 1. The van der Waals surface area contributed by atoms with Crippen molar-refractivity contribution in [2.45, 2.75) is 43.8 Å². The summed E-state index contributed by atoms with van der Waals surface area (Å²) >= 11 is 1.22. The van der Waals surface area contributed by atoms with Crippen LogP contribution in [0.5, 0.6) is 0 Å². The van der Waals surface area contributed by atoms with Crippen molar-refractivity contribution in [1.29, 1.82) is 0 Å². The topological polar surface area (TPSA) is 106 Å². The average Bonchev–Trinajstić information content (AvgIpc) is 3.43. The molecular weight excluding hydrogens is 368 g/mol. The number of unbranched alkanes of at least 4 members (excludes halogenated alkanes) is 1. The van der Waals surface area contributed by atoms with Gasteiger partial charge in [0.25, 0.3) is 0 Å². The summed E-state index contributed by atoms with van der Waals surface area (Å²) in [4.78, 5) is 35.7. The number of amides is 1. The van der Waals surface area contributed by atoms with Gasteiger partial charge >= 0.3 is 11.7 Å². The maximum absolute atomic E-state index is 12.1. The first-order chi connectivity index (χ1) is 13.1. The summed E-state index contributed by atoms with van der Waals surface area (Å²) in [7, 11) is 0. The molecule has 1 aromatic carbocycles. The highest BCUT2D eigenvalue weighted by molar-refractivity contribution is 7.99. The lowest BCUT2D eigenvalue weighted by atomic mass is 10.2. The largest absolute Gasteiger partial charge is 0.462 e. The first-order valence-electron chi connectivity index (χ1n) is 8.95. The maximum Gasteiger partial charge on any atom is 0.344 e. The van der Waals surface area contributed by atoms with E-state index < -0.39 is 0 Å². The number of ether oxygens (including phenoxy) is 1. The number of anilines is 1. The highest BCUT2D eigenvalue weighted by Crippen LogP contribution is 2.35. The molecule has 2 aromatic rings. The Labute approximate surface area is 160 Å². The van der Waals surface area contributed by atoms with E-state index in [2.05, 4.69) is 15.5 Å². The number of thioether (sulfide) groups is 1. The molecule has 9 heteroatoms. The summed E-state index contributed by atoms with van der Waals surface area (Å²) < 4.78 is 6.76. The van der Waals surface area contributed by atoms with E-state index in [9.17, 15) is 14.4 Å². The van der Waals surface area contributed by atoms with E-state index in [0.717, 1.165) is 25.7 Å². The van der Waals surface area contributed by atoms with Crippen LogP contribution in [0, 0.1) is 0 Å². The monoisotopic (exact) mass is 390 g/mol. The Bertz CT molecular complexity index is 855. The van der Waals surface area contributed by atoms with Gasteiger partial charge in [-0.05, 0) is 43.5 Å². The third kappa shape index (κ3) is 5.22. The second-order valence-corrected chi connectivity index (χ2v) is 7.26. The van der Waals surface area contributed by atoms with Gasteiger partial charge in [-0.25, -0.2) is 14.7 Å². The molecule has 0 radical (unpaired) electrons. The average molecular weight is 390 g/mol. The zero-order valence-electron chi connectivity index (χ0n) is 15.1. The van der Waals surface area contributed by atoms with Gasteiger partial charge in [-0.15, -0.1) is 5.10 Å². The van der Waals surface area contributed by atoms with Crippen LogP contribution in [0.3, 0.4) is 0 Å². The lowest BCUT2D eigenvalue weighted by Crippen LogP contribution is -2.18. The maximum atomic E-state index is 12.1. The summed E-state index contributed by atoms with van der Waals surface area (Å²) in [5.41, 5.74) is 0.803. The fraction of sp³-hybridized carbons (Fsp3) is 0.444. The standard InChI is InChI=1S/C18H22N4O4S/c1-2-3-10-26-16(24)12-4-6-13(7-5-12)19-15(23)11-27-18-21-20-17(25)22(18)14-8-9-14/h4-7,14H,2-3,8-11H2,1H3,(H,19,23)(H,20,25). The van der Waals surface area contributed by atoms with Crippen molar-refractivity contribution >= 4 is 29.3 Å². The molecule has 1 saturated carbocycles. The van der Waals surface area contributed by atoms with Crippen LogP contribution < -0.4 is 11.0 Å². The number of aromatic amines is 1. The number of aromatic nitrogens is 3. The van der Waals surface area contributed by atoms with Gasteiger partial charge in [-0.3, -0.25) is 9.36 Å². The quantitative estimate of drug-likeness (QED) is 0.387. The number of nitrogens with one attached hydrogen (secondary N) is 2. The van der Waals surface area contributed by atoms with E-state index in [1.807, 2.05) is 6.92 Å². The highest BCUT2D eigenvalue weighted by Gasteiger charge is 2.28. The molecule has 0 atom stereocenters. The summed E-state index contributed by atoms with van der Waals surface area (Å²) in [6, 6.07) is 6.76. The number of hydrogen-bond donors (Lipinski definition) is 2. The molecule has 1 fully saturated rings. The van der Waals surface area contributed by atoms with Gasteiger partial charge in [0, 0.05) is 11.7 Å².